The zero-order chi connectivity index (χ0) is 52.9. The van der Waals surface area contributed by atoms with Crippen molar-refractivity contribution < 1.29 is 58.7 Å². The molecule has 0 radical (unpaired) electrons. The first-order valence-electron chi connectivity index (χ1n) is 24.1. The van der Waals surface area contributed by atoms with Gasteiger partial charge >= 0.3 is 11.9 Å². The van der Waals surface area contributed by atoms with Crippen LogP contribution >= 0.6 is 0 Å². The first-order chi connectivity index (χ1) is 31.9. The van der Waals surface area contributed by atoms with Crippen LogP contribution in [0.3, 0.4) is 0 Å². The van der Waals surface area contributed by atoms with Gasteiger partial charge in [0.2, 0.25) is 11.8 Å². The van der Waals surface area contributed by atoms with Gasteiger partial charge in [0.05, 0.1) is 43.4 Å². The SMILES string of the molecule is CC.CC(C)C[C@@H](NC(=O)[C@@H](CC(=O)OC(C)(C)C)Cc1ccccc1)C(=O)CCCO.CC(C)C[C@H](NC(=O)[C@@H](CC(=O)OC(C)(C)C)Cc1ccccc1)C(=O)CCCO.CO.NCCO. The van der Waals surface area contributed by atoms with E-state index in [0.717, 1.165) is 18.2 Å². The number of hydrogen-bond acceptors (Lipinski definition) is 13. The molecule has 15 heteroatoms. The summed E-state index contributed by atoms with van der Waals surface area (Å²) in [6, 6.07) is 17.7. The van der Waals surface area contributed by atoms with Gasteiger partial charge in [-0.3, -0.25) is 28.8 Å². The summed E-state index contributed by atoms with van der Waals surface area (Å²) in [6.07, 6.45) is 2.84. The van der Waals surface area contributed by atoms with Crippen molar-refractivity contribution in [2.45, 2.75) is 171 Å². The molecule has 0 unspecified atom stereocenters. The minimum Gasteiger partial charge on any atom is -0.460 e. The summed E-state index contributed by atoms with van der Waals surface area (Å²) in [5, 5.41) is 38.5. The molecule has 2 aromatic carbocycles. The normalized spacial score (nSPS) is 12.6. The fourth-order valence-electron chi connectivity index (χ4n) is 6.40. The minimum atomic E-state index is -0.637. The van der Waals surface area contributed by atoms with Gasteiger partial charge in [-0.25, -0.2) is 0 Å². The van der Waals surface area contributed by atoms with Gasteiger partial charge in [0.15, 0.2) is 11.6 Å². The molecule has 0 aliphatic carbocycles. The zero-order valence-corrected chi connectivity index (χ0v) is 43.8. The number of aliphatic hydroxyl groups excluding tert-OH is 4. The number of benzene rings is 2. The molecule has 390 valence electrons. The van der Waals surface area contributed by atoms with Crippen LogP contribution in [0.25, 0.3) is 0 Å². The third-order valence-corrected chi connectivity index (χ3v) is 9.17. The molecule has 0 heterocycles. The summed E-state index contributed by atoms with van der Waals surface area (Å²) in [5.74, 6) is -2.57. The number of ether oxygens (including phenoxy) is 2. The first-order valence-corrected chi connectivity index (χ1v) is 24.1. The summed E-state index contributed by atoms with van der Waals surface area (Å²) in [6.45, 7) is 23.0. The van der Waals surface area contributed by atoms with Crippen LogP contribution in [0.15, 0.2) is 60.7 Å². The molecule has 2 amide bonds. The van der Waals surface area contributed by atoms with Crippen LogP contribution in [0.2, 0.25) is 0 Å². The molecule has 68 heavy (non-hydrogen) atoms. The highest BCUT2D eigenvalue weighted by Crippen LogP contribution is 2.20. The number of rotatable bonds is 25. The molecule has 0 bridgehead atoms. The van der Waals surface area contributed by atoms with E-state index in [0.29, 0.717) is 45.1 Å². The van der Waals surface area contributed by atoms with Crippen molar-refractivity contribution in [3.63, 3.8) is 0 Å². The highest BCUT2D eigenvalue weighted by atomic mass is 16.6. The topological polar surface area (TPSA) is 252 Å². The Hall–Kier alpha value is -4.54. The number of aliphatic hydroxyl groups is 4. The number of carbonyl (C=O) groups excluding carboxylic acids is 6. The maximum atomic E-state index is 13.1. The van der Waals surface area contributed by atoms with Crippen LogP contribution in [0.4, 0.5) is 0 Å². The summed E-state index contributed by atoms with van der Waals surface area (Å²) in [7, 11) is 1.00. The minimum absolute atomic E-state index is 0.0583. The van der Waals surface area contributed by atoms with Gasteiger partial charge in [0.25, 0.3) is 0 Å². The number of carbonyl (C=O) groups is 6. The van der Waals surface area contributed by atoms with Crippen molar-refractivity contribution in [1.82, 2.24) is 10.6 Å². The van der Waals surface area contributed by atoms with E-state index >= 15 is 0 Å². The molecular weight excluding hydrogens is 871 g/mol. The van der Waals surface area contributed by atoms with Gasteiger partial charge in [0, 0.05) is 39.7 Å². The van der Waals surface area contributed by atoms with Crippen molar-refractivity contribution in [3.8, 4) is 0 Å². The number of ketones is 2. The Morgan fingerprint density at radius 3 is 1.09 bits per heavy atom. The van der Waals surface area contributed by atoms with Crippen LogP contribution in [-0.2, 0) is 51.1 Å². The monoisotopic (exact) mass is 962 g/mol. The number of nitrogens with two attached hydrogens (primary N) is 1. The Kier molecular flexibility index (Phi) is 39.2. The molecule has 0 saturated heterocycles. The lowest BCUT2D eigenvalue weighted by atomic mass is 9.93. The third-order valence-electron chi connectivity index (χ3n) is 9.17. The predicted octanol–water partition coefficient (Wildman–Crippen LogP) is 6.47. The Morgan fingerprint density at radius 2 is 0.853 bits per heavy atom. The quantitative estimate of drug-likeness (QED) is 0.0528. The van der Waals surface area contributed by atoms with E-state index in [1.54, 1.807) is 41.5 Å². The largest absolute Gasteiger partial charge is 0.460 e. The van der Waals surface area contributed by atoms with E-state index in [1.165, 1.54) is 0 Å². The Morgan fingerprint density at radius 1 is 0.559 bits per heavy atom. The van der Waals surface area contributed by atoms with Crippen LogP contribution in [0, 0.1) is 23.7 Å². The Labute approximate surface area is 408 Å². The van der Waals surface area contributed by atoms with Gasteiger partial charge in [0.1, 0.15) is 11.2 Å². The highest BCUT2D eigenvalue weighted by molar-refractivity contribution is 5.92. The second kappa shape index (κ2) is 39.3. The van der Waals surface area contributed by atoms with E-state index in [-0.39, 0.29) is 80.7 Å². The fourth-order valence-corrected chi connectivity index (χ4v) is 6.40. The van der Waals surface area contributed by atoms with Crippen molar-refractivity contribution >= 4 is 35.3 Å². The molecule has 15 nitrogen and oxygen atoms in total. The van der Waals surface area contributed by atoms with Crippen LogP contribution < -0.4 is 16.4 Å². The Balaban J connectivity index is -0.00000108. The summed E-state index contributed by atoms with van der Waals surface area (Å²) >= 11 is 0. The maximum Gasteiger partial charge on any atom is 0.307 e. The van der Waals surface area contributed by atoms with Crippen molar-refractivity contribution in [2.75, 3.05) is 33.5 Å². The number of hydrogen-bond donors (Lipinski definition) is 7. The average Bonchev–Trinajstić information content (AvgIpc) is 3.27. The van der Waals surface area contributed by atoms with Gasteiger partial charge in [-0.2, -0.15) is 0 Å². The lowest BCUT2D eigenvalue weighted by Gasteiger charge is -2.25. The van der Waals surface area contributed by atoms with E-state index in [1.807, 2.05) is 102 Å². The van der Waals surface area contributed by atoms with Gasteiger partial charge in [-0.05, 0) is 103 Å². The van der Waals surface area contributed by atoms with Gasteiger partial charge in [-0.15, -0.1) is 0 Å². The maximum absolute atomic E-state index is 13.1. The molecule has 0 saturated carbocycles. The number of nitrogens with one attached hydrogen (secondary N) is 2. The second-order valence-electron chi connectivity index (χ2n) is 18.8. The molecule has 0 aliphatic rings. The molecule has 2 aromatic rings. The van der Waals surface area contributed by atoms with Crippen molar-refractivity contribution in [2.24, 2.45) is 29.4 Å². The molecule has 0 aromatic heterocycles. The lowest BCUT2D eigenvalue weighted by molar-refractivity contribution is -0.158. The average molecular weight is 962 g/mol. The smallest absolute Gasteiger partial charge is 0.307 e. The number of Topliss-reactive ketones (excluding diaryl/α,β-unsaturated/α-hetero) is 2. The number of esters is 2. The molecule has 0 spiro atoms. The zero-order valence-electron chi connectivity index (χ0n) is 43.8. The van der Waals surface area contributed by atoms with E-state index < -0.39 is 47.1 Å². The molecule has 0 aliphatic heterocycles. The third kappa shape index (κ3) is 36.5. The fraction of sp³-hybridized carbons (Fsp3) is 0.660. The van der Waals surface area contributed by atoms with E-state index in [2.05, 4.69) is 10.6 Å². The summed E-state index contributed by atoms with van der Waals surface area (Å²) in [4.78, 5) is 76.1. The van der Waals surface area contributed by atoms with Gasteiger partial charge in [-0.1, -0.05) is 102 Å². The lowest BCUT2D eigenvalue weighted by Crippen LogP contribution is -2.45. The standard InChI is InChI=1S/2C24H37NO5.C2H7NO.C2H6.CH4O/c2*1-17(2)14-20(21(27)12-9-13-26)25-23(29)19(15-18-10-7-6-8-11-18)16-22(28)30-24(3,4)5;3-1-2-4;2*1-2/h2*6-8,10-11,17,19-20,26H,9,12-16H2,1-5H3,(H,25,29);4H,1-3H2;1-2H3;2H,1H3/t19-,20+;19-,20-;;;/m11.../s1. The molecule has 0 fully saturated rings. The first kappa shape index (κ1) is 67.7. The summed E-state index contributed by atoms with van der Waals surface area (Å²) in [5.41, 5.74) is 5.39. The molecule has 2 rings (SSSR count). The van der Waals surface area contributed by atoms with E-state index in [4.69, 9.17) is 35.6 Å². The van der Waals surface area contributed by atoms with Crippen molar-refractivity contribution in [3.05, 3.63) is 71.8 Å². The van der Waals surface area contributed by atoms with E-state index in [9.17, 15) is 28.8 Å². The summed E-state index contributed by atoms with van der Waals surface area (Å²) < 4.78 is 10.8. The molecule has 4 atom stereocenters. The number of amides is 2. The van der Waals surface area contributed by atoms with Crippen molar-refractivity contribution in [1.29, 1.82) is 0 Å². The van der Waals surface area contributed by atoms with Crippen LogP contribution in [0.1, 0.15) is 146 Å². The van der Waals surface area contributed by atoms with Crippen LogP contribution in [-0.4, -0.2) is 113 Å². The second-order valence-corrected chi connectivity index (χ2v) is 18.8. The molecular formula is C53H91N3O12. The molecule has 8 N–H and O–H groups in total. The predicted molar refractivity (Wildman–Crippen MR) is 269 cm³/mol. The highest BCUT2D eigenvalue weighted by Gasteiger charge is 2.31. The van der Waals surface area contributed by atoms with Gasteiger partial charge < -0.3 is 46.3 Å². The Bertz CT molecular complexity index is 1520. The van der Waals surface area contributed by atoms with Crippen LogP contribution in [0.5, 0.6) is 0 Å².